The summed E-state index contributed by atoms with van der Waals surface area (Å²) < 4.78 is 4.63. The van der Waals surface area contributed by atoms with E-state index in [2.05, 4.69) is 4.74 Å². The van der Waals surface area contributed by atoms with Crippen molar-refractivity contribution in [1.82, 2.24) is 5.06 Å². The second-order valence-electron chi connectivity index (χ2n) is 4.80. The number of rotatable bonds is 6. The fourth-order valence-corrected chi connectivity index (χ4v) is 2.34. The third-order valence-corrected chi connectivity index (χ3v) is 3.42. The summed E-state index contributed by atoms with van der Waals surface area (Å²) in [6.45, 7) is 1.27. The summed E-state index contributed by atoms with van der Waals surface area (Å²) in [7, 11) is 1.19. The molecular formula is C17H19NO5. The standard InChI is InChI=1S/C17H19NO5/c1-3-23-18(15(11-19)17(21)22-2)16(20)14-10-6-8-12-7-4-5-9-13(12)14/h4-10,15,19H,3,11H2,1-2H3. The Balaban J connectivity index is 2.46. The van der Waals surface area contributed by atoms with Gasteiger partial charge in [-0.15, -0.1) is 0 Å². The number of esters is 1. The Morgan fingerprint density at radius 3 is 2.52 bits per heavy atom. The molecule has 2 rings (SSSR count). The first kappa shape index (κ1) is 16.9. The average molecular weight is 317 g/mol. The van der Waals surface area contributed by atoms with E-state index < -0.39 is 24.5 Å². The van der Waals surface area contributed by atoms with E-state index in [9.17, 15) is 14.7 Å². The lowest BCUT2D eigenvalue weighted by atomic mass is 10.0. The SMILES string of the molecule is CCON(C(=O)c1cccc2ccccc12)C(CO)C(=O)OC. The van der Waals surface area contributed by atoms with Crippen molar-refractivity contribution >= 4 is 22.6 Å². The minimum atomic E-state index is -1.22. The van der Waals surface area contributed by atoms with E-state index in [0.29, 0.717) is 5.56 Å². The third kappa shape index (κ3) is 3.49. The number of hydrogen-bond donors (Lipinski definition) is 1. The molecule has 1 unspecified atom stereocenters. The highest BCUT2D eigenvalue weighted by molar-refractivity contribution is 6.07. The van der Waals surface area contributed by atoms with E-state index in [4.69, 9.17) is 4.84 Å². The minimum Gasteiger partial charge on any atom is -0.467 e. The van der Waals surface area contributed by atoms with Crippen molar-refractivity contribution in [3.63, 3.8) is 0 Å². The molecule has 6 nitrogen and oxygen atoms in total. The van der Waals surface area contributed by atoms with Crippen LogP contribution in [0.25, 0.3) is 10.8 Å². The topological polar surface area (TPSA) is 76.1 Å². The van der Waals surface area contributed by atoms with E-state index >= 15 is 0 Å². The van der Waals surface area contributed by atoms with Crippen LogP contribution in [0, 0.1) is 0 Å². The van der Waals surface area contributed by atoms with E-state index in [1.165, 1.54) is 7.11 Å². The molecule has 0 aliphatic heterocycles. The van der Waals surface area contributed by atoms with Crippen LogP contribution in [-0.2, 0) is 14.4 Å². The number of aliphatic hydroxyl groups is 1. The van der Waals surface area contributed by atoms with Crippen LogP contribution in [0.2, 0.25) is 0 Å². The molecule has 1 amide bonds. The molecule has 0 aliphatic rings. The number of carbonyl (C=O) groups excluding carboxylic acids is 2. The molecule has 0 fully saturated rings. The van der Waals surface area contributed by atoms with Gasteiger partial charge in [-0.1, -0.05) is 36.4 Å². The zero-order valence-corrected chi connectivity index (χ0v) is 13.1. The van der Waals surface area contributed by atoms with Crippen LogP contribution in [0.1, 0.15) is 17.3 Å². The lowest BCUT2D eigenvalue weighted by molar-refractivity contribution is -0.180. The Bertz CT molecular complexity index is 695. The largest absolute Gasteiger partial charge is 0.467 e. The van der Waals surface area contributed by atoms with Gasteiger partial charge in [-0.25, -0.2) is 9.86 Å². The highest BCUT2D eigenvalue weighted by Gasteiger charge is 2.32. The van der Waals surface area contributed by atoms with Crippen molar-refractivity contribution in [2.24, 2.45) is 0 Å². The highest BCUT2D eigenvalue weighted by atomic mass is 16.7. The van der Waals surface area contributed by atoms with E-state index in [0.717, 1.165) is 15.8 Å². The summed E-state index contributed by atoms with van der Waals surface area (Å²) in [5.41, 5.74) is 0.388. The first-order valence-corrected chi connectivity index (χ1v) is 7.27. The van der Waals surface area contributed by atoms with Gasteiger partial charge in [0.2, 0.25) is 0 Å². The van der Waals surface area contributed by atoms with Crippen LogP contribution < -0.4 is 0 Å². The summed E-state index contributed by atoms with van der Waals surface area (Å²) in [6.07, 6.45) is 0. The Labute approximate surface area is 134 Å². The molecule has 23 heavy (non-hydrogen) atoms. The van der Waals surface area contributed by atoms with Gasteiger partial charge in [0.25, 0.3) is 5.91 Å². The van der Waals surface area contributed by atoms with Crippen molar-refractivity contribution in [2.45, 2.75) is 13.0 Å². The Hall–Kier alpha value is -2.44. The van der Waals surface area contributed by atoms with Gasteiger partial charge in [-0.3, -0.25) is 9.63 Å². The zero-order valence-electron chi connectivity index (χ0n) is 13.1. The molecule has 0 heterocycles. The lowest BCUT2D eigenvalue weighted by Gasteiger charge is -2.27. The first-order chi connectivity index (χ1) is 11.1. The highest BCUT2D eigenvalue weighted by Crippen LogP contribution is 2.21. The van der Waals surface area contributed by atoms with Crippen molar-refractivity contribution in [2.75, 3.05) is 20.3 Å². The molecule has 0 spiro atoms. The average Bonchev–Trinajstić information content (AvgIpc) is 2.60. The van der Waals surface area contributed by atoms with Gasteiger partial charge in [0.15, 0.2) is 6.04 Å². The number of amides is 1. The molecule has 2 aromatic carbocycles. The molecule has 1 atom stereocenters. The predicted octanol–water partition coefficient (Wildman–Crippen LogP) is 1.77. The van der Waals surface area contributed by atoms with Crippen molar-refractivity contribution in [3.8, 4) is 0 Å². The molecule has 122 valence electrons. The Kier molecular flexibility index (Phi) is 5.67. The van der Waals surface area contributed by atoms with Gasteiger partial charge in [-0.2, -0.15) is 0 Å². The molecular weight excluding hydrogens is 298 g/mol. The van der Waals surface area contributed by atoms with Crippen LogP contribution in [0.5, 0.6) is 0 Å². The quantitative estimate of drug-likeness (QED) is 0.649. The maximum Gasteiger partial charge on any atom is 0.333 e. The summed E-state index contributed by atoms with van der Waals surface area (Å²) >= 11 is 0. The number of ether oxygens (including phenoxy) is 1. The van der Waals surface area contributed by atoms with Gasteiger partial charge in [-0.05, 0) is 23.8 Å². The van der Waals surface area contributed by atoms with Crippen LogP contribution in [-0.4, -0.2) is 48.4 Å². The first-order valence-electron chi connectivity index (χ1n) is 7.27. The van der Waals surface area contributed by atoms with Crippen LogP contribution in [0.3, 0.4) is 0 Å². The number of benzene rings is 2. The maximum atomic E-state index is 12.9. The molecule has 0 bridgehead atoms. The van der Waals surface area contributed by atoms with Gasteiger partial charge in [0.05, 0.1) is 20.3 Å². The van der Waals surface area contributed by atoms with Crippen molar-refractivity contribution < 1.29 is 24.3 Å². The molecule has 1 N–H and O–H groups in total. The normalized spacial score (nSPS) is 12.0. The molecule has 0 aromatic heterocycles. The van der Waals surface area contributed by atoms with Crippen molar-refractivity contribution in [1.29, 1.82) is 0 Å². The van der Waals surface area contributed by atoms with Crippen molar-refractivity contribution in [3.05, 3.63) is 48.0 Å². The third-order valence-electron chi connectivity index (χ3n) is 3.42. The van der Waals surface area contributed by atoms with E-state index in [-0.39, 0.29) is 6.61 Å². The second-order valence-corrected chi connectivity index (χ2v) is 4.80. The molecule has 6 heteroatoms. The number of fused-ring (bicyclic) bond motifs is 1. The van der Waals surface area contributed by atoms with E-state index in [1.807, 2.05) is 30.3 Å². The van der Waals surface area contributed by atoms with Crippen LogP contribution in [0.15, 0.2) is 42.5 Å². The Morgan fingerprint density at radius 2 is 1.87 bits per heavy atom. The lowest BCUT2D eigenvalue weighted by Crippen LogP contribution is -2.47. The number of hydroxylamine groups is 2. The number of methoxy groups -OCH3 is 1. The molecule has 0 saturated carbocycles. The number of aliphatic hydroxyl groups excluding tert-OH is 1. The van der Waals surface area contributed by atoms with Crippen LogP contribution in [0.4, 0.5) is 0 Å². The number of carbonyl (C=O) groups is 2. The molecule has 2 aromatic rings. The predicted molar refractivity (Wildman–Crippen MR) is 84.6 cm³/mol. The number of nitrogens with zero attached hydrogens (tertiary/aromatic N) is 1. The van der Waals surface area contributed by atoms with Gasteiger partial charge in [0.1, 0.15) is 0 Å². The Morgan fingerprint density at radius 1 is 1.17 bits per heavy atom. The molecule has 0 radical (unpaired) electrons. The fraction of sp³-hybridized carbons (Fsp3) is 0.294. The fourth-order valence-electron chi connectivity index (χ4n) is 2.34. The zero-order chi connectivity index (χ0) is 16.8. The summed E-state index contributed by atoms with van der Waals surface area (Å²) in [5, 5.41) is 12.0. The van der Waals surface area contributed by atoms with E-state index in [1.54, 1.807) is 19.1 Å². The monoisotopic (exact) mass is 317 g/mol. The van der Waals surface area contributed by atoms with Gasteiger partial charge in [0, 0.05) is 5.56 Å². The number of hydrogen-bond acceptors (Lipinski definition) is 5. The maximum absolute atomic E-state index is 12.9. The van der Waals surface area contributed by atoms with Gasteiger partial charge < -0.3 is 9.84 Å². The molecule has 0 saturated heterocycles. The smallest absolute Gasteiger partial charge is 0.333 e. The minimum absolute atomic E-state index is 0.171. The summed E-state index contributed by atoms with van der Waals surface area (Å²) in [6, 6.07) is 11.5. The van der Waals surface area contributed by atoms with Crippen LogP contribution >= 0.6 is 0 Å². The second kappa shape index (κ2) is 7.71. The summed E-state index contributed by atoms with van der Waals surface area (Å²) in [5.74, 6) is -1.25. The van der Waals surface area contributed by atoms with Gasteiger partial charge >= 0.3 is 5.97 Å². The molecule has 0 aliphatic carbocycles. The summed E-state index contributed by atoms with van der Waals surface area (Å²) in [4.78, 5) is 30.0.